The van der Waals surface area contributed by atoms with Crippen LogP contribution in [-0.2, 0) is 6.54 Å². The van der Waals surface area contributed by atoms with Crippen LogP contribution in [0.2, 0.25) is 0 Å². The summed E-state index contributed by atoms with van der Waals surface area (Å²) in [5.41, 5.74) is 2.20. The molecule has 1 aromatic heterocycles. The van der Waals surface area contributed by atoms with Crippen LogP contribution in [0.5, 0.6) is 11.5 Å². The van der Waals surface area contributed by atoms with Gasteiger partial charge in [-0.25, -0.2) is 0 Å². The van der Waals surface area contributed by atoms with Crippen LogP contribution in [-0.4, -0.2) is 20.2 Å². The summed E-state index contributed by atoms with van der Waals surface area (Å²) in [7, 11) is 1.60. The van der Waals surface area contributed by atoms with E-state index in [2.05, 4.69) is 0 Å². The summed E-state index contributed by atoms with van der Waals surface area (Å²) in [5.74, 6) is 0.678. The van der Waals surface area contributed by atoms with Crippen molar-refractivity contribution in [1.29, 1.82) is 0 Å². The van der Waals surface area contributed by atoms with Crippen molar-refractivity contribution in [3.63, 3.8) is 0 Å². The number of fused-ring (bicyclic) bond motifs is 1. The molecule has 0 unspecified atom stereocenters. The molecule has 28 heavy (non-hydrogen) atoms. The second kappa shape index (κ2) is 8.07. The molecule has 5 nitrogen and oxygen atoms in total. The molecule has 4 rings (SSSR count). The van der Waals surface area contributed by atoms with Crippen molar-refractivity contribution in [3.05, 3.63) is 58.4 Å². The van der Waals surface area contributed by atoms with Gasteiger partial charge in [-0.2, -0.15) is 0 Å². The van der Waals surface area contributed by atoms with Gasteiger partial charge in [0.05, 0.1) is 31.1 Å². The van der Waals surface area contributed by atoms with Gasteiger partial charge in [0.1, 0.15) is 24.1 Å². The Kier molecular flexibility index (Phi) is 5.35. The lowest BCUT2D eigenvalue weighted by Gasteiger charge is -2.21. The number of quaternary nitrogens is 1. The normalized spacial score (nSPS) is 15.5. The molecule has 0 amide bonds. The van der Waals surface area contributed by atoms with Crippen molar-refractivity contribution < 1.29 is 19.2 Å². The van der Waals surface area contributed by atoms with Gasteiger partial charge in [-0.3, -0.25) is 4.79 Å². The number of nitrogens with one attached hydrogen (secondary N) is 1. The number of ether oxygens (including phenoxy) is 1. The van der Waals surface area contributed by atoms with Crippen molar-refractivity contribution in [2.24, 2.45) is 0 Å². The first kappa shape index (κ1) is 18.6. The Morgan fingerprint density at radius 2 is 1.75 bits per heavy atom. The summed E-state index contributed by atoms with van der Waals surface area (Å²) in [6, 6.07) is 10.4. The molecule has 0 aliphatic carbocycles. The second-order valence-electron chi connectivity index (χ2n) is 7.47. The van der Waals surface area contributed by atoms with Gasteiger partial charge in [-0.05, 0) is 49.4 Å². The molecule has 2 heterocycles. The van der Waals surface area contributed by atoms with Crippen molar-refractivity contribution >= 4 is 11.0 Å². The van der Waals surface area contributed by atoms with Crippen LogP contribution in [0.15, 0.2) is 51.9 Å². The minimum Gasteiger partial charge on any atom is -0.872 e. The van der Waals surface area contributed by atoms with Crippen molar-refractivity contribution in [2.45, 2.75) is 32.2 Å². The number of benzene rings is 2. The fourth-order valence-corrected chi connectivity index (χ4v) is 4.03. The van der Waals surface area contributed by atoms with Gasteiger partial charge in [-0.15, -0.1) is 0 Å². The summed E-state index contributed by atoms with van der Waals surface area (Å²) in [4.78, 5) is 14.5. The molecule has 1 aliphatic rings. The first-order valence-corrected chi connectivity index (χ1v) is 9.90. The first-order chi connectivity index (χ1) is 13.7. The second-order valence-corrected chi connectivity index (χ2v) is 7.47. The van der Waals surface area contributed by atoms with Crippen LogP contribution >= 0.6 is 0 Å². The standard InChI is InChI=1S/C23H25NO4/c1-27-17-8-6-16(7-9-17)20-15-28-23-18(22(20)26)10-11-21(25)19(23)14-24-12-4-2-3-5-13-24/h6-11,15,25H,2-5,12-14H2,1H3. The molecule has 146 valence electrons. The molecule has 0 radical (unpaired) electrons. The molecule has 5 heteroatoms. The van der Waals surface area contributed by atoms with Crippen LogP contribution in [0.25, 0.3) is 22.1 Å². The monoisotopic (exact) mass is 379 g/mol. The van der Waals surface area contributed by atoms with E-state index in [1.807, 2.05) is 24.3 Å². The van der Waals surface area contributed by atoms with Crippen molar-refractivity contribution in [2.75, 3.05) is 20.2 Å². The van der Waals surface area contributed by atoms with E-state index in [9.17, 15) is 9.90 Å². The quantitative estimate of drug-likeness (QED) is 0.756. The van der Waals surface area contributed by atoms with E-state index in [1.165, 1.54) is 42.9 Å². The molecule has 2 aromatic carbocycles. The van der Waals surface area contributed by atoms with E-state index in [-0.39, 0.29) is 11.2 Å². The van der Waals surface area contributed by atoms with Gasteiger partial charge in [0.2, 0.25) is 5.43 Å². The van der Waals surface area contributed by atoms with Gasteiger partial charge in [0.15, 0.2) is 0 Å². The zero-order valence-electron chi connectivity index (χ0n) is 16.1. The topological polar surface area (TPSA) is 66.9 Å². The summed E-state index contributed by atoms with van der Waals surface area (Å²) in [5, 5.41) is 13.0. The number of hydrogen-bond donors (Lipinski definition) is 1. The molecule has 3 aromatic rings. The van der Waals surface area contributed by atoms with Gasteiger partial charge >= 0.3 is 0 Å². The molecule has 0 bridgehead atoms. The Bertz CT molecular complexity index is 1020. The van der Waals surface area contributed by atoms with Crippen LogP contribution in [0.3, 0.4) is 0 Å². The fraction of sp³-hybridized carbons (Fsp3) is 0.348. The molecule has 1 aliphatic heterocycles. The predicted molar refractivity (Wildman–Crippen MR) is 107 cm³/mol. The highest BCUT2D eigenvalue weighted by atomic mass is 16.5. The van der Waals surface area contributed by atoms with E-state index in [0.717, 1.165) is 24.4 Å². The lowest BCUT2D eigenvalue weighted by molar-refractivity contribution is -0.913. The maximum absolute atomic E-state index is 13.1. The van der Waals surface area contributed by atoms with E-state index >= 15 is 0 Å². The summed E-state index contributed by atoms with van der Waals surface area (Å²) >= 11 is 0. The van der Waals surface area contributed by atoms with E-state index in [0.29, 0.717) is 28.6 Å². The van der Waals surface area contributed by atoms with Crippen LogP contribution in [0, 0.1) is 0 Å². The van der Waals surface area contributed by atoms with Crippen molar-refractivity contribution in [1.82, 2.24) is 0 Å². The lowest BCUT2D eigenvalue weighted by Crippen LogP contribution is -3.10. The number of methoxy groups -OCH3 is 1. The van der Waals surface area contributed by atoms with E-state index in [1.54, 1.807) is 13.2 Å². The molecule has 1 fully saturated rings. The van der Waals surface area contributed by atoms with Gasteiger partial charge < -0.3 is 19.2 Å². The Morgan fingerprint density at radius 3 is 2.43 bits per heavy atom. The minimum atomic E-state index is -0.112. The third kappa shape index (κ3) is 3.62. The third-order valence-corrected chi connectivity index (χ3v) is 5.64. The lowest BCUT2D eigenvalue weighted by atomic mass is 10.0. The molecule has 0 saturated carbocycles. The smallest absolute Gasteiger partial charge is 0.200 e. The van der Waals surface area contributed by atoms with Gasteiger partial charge in [0.25, 0.3) is 0 Å². The number of hydrogen-bond acceptors (Lipinski definition) is 4. The average Bonchev–Trinajstić information content (AvgIpc) is 2.99. The zero-order chi connectivity index (χ0) is 19.5. The summed E-state index contributed by atoms with van der Waals surface area (Å²) < 4.78 is 11.1. The highest BCUT2D eigenvalue weighted by Gasteiger charge is 2.18. The van der Waals surface area contributed by atoms with E-state index < -0.39 is 0 Å². The van der Waals surface area contributed by atoms with E-state index in [4.69, 9.17) is 9.15 Å². The molecule has 0 atom stereocenters. The van der Waals surface area contributed by atoms with Crippen molar-refractivity contribution in [3.8, 4) is 22.6 Å². The first-order valence-electron chi connectivity index (χ1n) is 9.90. The highest BCUT2D eigenvalue weighted by Crippen LogP contribution is 2.27. The summed E-state index contributed by atoms with van der Waals surface area (Å²) in [6.45, 7) is 2.73. The molecular formula is C23H25NO4. The minimum absolute atomic E-state index is 0.0513. The highest BCUT2D eigenvalue weighted by molar-refractivity contribution is 5.85. The summed E-state index contributed by atoms with van der Waals surface area (Å²) in [6.07, 6.45) is 6.35. The molecule has 0 spiro atoms. The molecule has 1 N–H and O–H groups in total. The number of likely N-dealkylation sites (tertiary alicyclic amines) is 1. The van der Waals surface area contributed by atoms with Crippen LogP contribution in [0.1, 0.15) is 31.2 Å². The molecular weight excluding hydrogens is 354 g/mol. The van der Waals surface area contributed by atoms with Gasteiger partial charge in [0, 0.05) is 5.56 Å². The zero-order valence-corrected chi connectivity index (χ0v) is 16.1. The maximum Gasteiger partial charge on any atom is 0.200 e. The Labute approximate surface area is 164 Å². The largest absolute Gasteiger partial charge is 0.872 e. The fourth-order valence-electron chi connectivity index (χ4n) is 4.03. The van der Waals surface area contributed by atoms with Crippen LogP contribution in [0.4, 0.5) is 0 Å². The Morgan fingerprint density at radius 1 is 1.04 bits per heavy atom. The predicted octanol–water partition coefficient (Wildman–Crippen LogP) is 2.50. The average molecular weight is 379 g/mol. The number of rotatable bonds is 4. The SMILES string of the molecule is COc1ccc(-c2coc3c(C[NH+]4CCCCCC4)c([O-])ccc3c2=O)cc1. The molecule has 1 saturated heterocycles. The van der Waals surface area contributed by atoms with Gasteiger partial charge in [-0.1, -0.05) is 23.9 Å². The Balaban J connectivity index is 1.74. The Hall–Kier alpha value is -2.79. The van der Waals surface area contributed by atoms with Crippen LogP contribution < -0.4 is 20.2 Å². The maximum atomic E-state index is 13.1. The third-order valence-electron chi connectivity index (χ3n) is 5.64.